The topological polar surface area (TPSA) is 83.7 Å². The molecule has 0 saturated carbocycles. The van der Waals surface area contributed by atoms with Crippen LogP contribution in [0.2, 0.25) is 0 Å². The second kappa shape index (κ2) is 5.66. The van der Waals surface area contributed by atoms with Crippen molar-refractivity contribution in [2.45, 2.75) is 26.3 Å². The maximum atomic E-state index is 12.5. The number of rotatable bonds is 3. The van der Waals surface area contributed by atoms with Gasteiger partial charge in [0.15, 0.2) is 4.96 Å². The number of aliphatic hydroxyl groups excluding tert-OH is 1. The Morgan fingerprint density at radius 3 is 2.95 bits per heavy atom. The van der Waals surface area contributed by atoms with Gasteiger partial charge in [0.25, 0.3) is 11.5 Å². The van der Waals surface area contributed by atoms with Gasteiger partial charge in [0.2, 0.25) is 0 Å². The molecule has 2 N–H and O–H groups in total. The smallest absolute Gasteiger partial charge is 0.271 e. The fourth-order valence-corrected chi connectivity index (χ4v) is 3.52. The zero-order chi connectivity index (χ0) is 15.9. The summed E-state index contributed by atoms with van der Waals surface area (Å²) in [5, 5.41) is 11.9. The zero-order valence-electron chi connectivity index (χ0n) is 12.4. The number of thiazole rings is 1. The zero-order valence-corrected chi connectivity index (χ0v) is 13.2. The third-order valence-corrected chi connectivity index (χ3v) is 5.06. The van der Waals surface area contributed by atoms with Gasteiger partial charge in [0.05, 0.1) is 0 Å². The summed E-state index contributed by atoms with van der Waals surface area (Å²) in [4.78, 5) is 30.6. The number of aryl methyl sites for hydroxylation is 2. The number of nitrogens with one attached hydrogen (secondary N) is 1. The van der Waals surface area contributed by atoms with Crippen molar-refractivity contribution in [3.8, 4) is 0 Å². The van der Waals surface area contributed by atoms with E-state index in [1.54, 1.807) is 0 Å². The predicted octanol–water partition coefficient (Wildman–Crippen LogP) is 1.04. The number of aliphatic hydroxyl groups is 1. The standard InChI is InChI=1S/C15H17N3O3S/c1-8-9(2)22-15-16-6-12(14(21)18(8)15)13(20)17-11-4-3-10(5-11)7-19/h3-4,6,10-11,19H,5,7H2,1-2H3,(H,17,20)/t10-,11+/m0/s1. The number of nitrogens with zero attached hydrogens (tertiary/aromatic N) is 2. The number of hydrogen-bond acceptors (Lipinski definition) is 5. The quantitative estimate of drug-likeness (QED) is 0.828. The van der Waals surface area contributed by atoms with Gasteiger partial charge in [-0.15, -0.1) is 11.3 Å². The molecule has 1 aliphatic rings. The normalized spacial score (nSPS) is 20.7. The Labute approximate surface area is 131 Å². The number of hydrogen-bond donors (Lipinski definition) is 2. The van der Waals surface area contributed by atoms with Gasteiger partial charge < -0.3 is 10.4 Å². The average molecular weight is 319 g/mol. The molecule has 0 unspecified atom stereocenters. The van der Waals surface area contributed by atoms with Crippen LogP contribution in [0.15, 0.2) is 23.1 Å². The molecule has 0 aromatic carbocycles. The van der Waals surface area contributed by atoms with E-state index in [2.05, 4.69) is 10.3 Å². The molecule has 0 radical (unpaired) electrons. The van der Waals surface area contributed by atoms with Gasteiger partial charge in [0.1, 0.15) is 5.56 Å². The SMILES string of the molecule is Cc1sc2ncc(C(=O)N[C@@H]3C=C[C@H](CO)C3)c(=O)n2c1C. The summed E-state index contributed by atoms with van der Waals surface area (Å²) < 4.78 is 1.48. The van der Waals surface area contributed by atoms with Crippen LogP contribution < -0.4 is 10.9 Å². The van der Waals surface area contributed by atoms with Crippen molar-refractivity contribution < 1.29 is 9.90 Å². The molecule has 0 spiro atoms. The minimum atomic E-state index is -0.427. The monoisotopic (exact) mass is 319 g/mol. The van der Waals surface area contributed by atoms with Crippen LogP contribution in [0.5, 0.6) is 0 Å². The van der Waals surface area contributed by atoms with E-state index in [9.17, 15) is 9.59 Å². The lowest BCUT2D eigenvalue weighted by Crippen LogP contribution is -2.37. The number of fused-ring (bicyclic) bond motifs is 1. The van der Waals surface area contributed by atoms with Gasteiger partial charge in [0, 0.05) is 35.3 Å². The van der Waals surface area contributed by atoms with Crippen molar-refractivity contribution in [2.75, 3.05) is 6.61 Å². The maximum absolute atomic E-state index is 12.5. The molecular weight excluding hydrogens is 302 g/mol. The molecule has 2 atom stereocenters. The van der Waals surface area contributed by atoms with Crippen LogP contribution in [0.25, 0.3) is 4.96 Å². The van der Waals surface area contributed by atoms with E-state index in [-0.39, 0.29) is 29.7 Å². The van der Waals surface area contributed by atoms with Crippen molar-refractivity contribution in [3.63, 3.8) is 0 Å². The molecule has 0 aliphatic heterocycles. The molecule has 116 valence electrons. The van der Waals surface area contributed by atoms with Crippen LogP contribution in [0.1, 0.15) is 27.3 Å². The predicted molar refractivity (Wildman–Crippen MR) is 84.4 cm³/mol. The fourth-order valence-electron chi connectivity index (χ4n) is 2.59. The van der Waals surface area contributed by atoms with Crippen LogP contribution in [0.3, 0.4) is 0 Å². The Morgan fingerprint density at radius 1 is 1.50 bits per heavy atom. The maximum Gasteiger partial charge on any atom is 0.271 e. The van der Waals surface area contributed by atoms with Crippen LogP contribution in [-0.2, 0) is 0 Å². The highest BCUT2D eigenvalue weighted by atomic mass is 32.1. The number of amides is 1. The van der Waals surface area contributed by atoms with Gasteiger partial charge in [-0.1, -0.05) is 12.2 Å². The molecule has 22 heavy (non-hydrogen) atoms. The van der Waals surface area contributed by atoms with Crippen molar-refractivity contribution >= 4 is 22.2 Å². The Balaban J connectivity index is 1.89. The summed E-state index contributed by atoms with van der Waals surface area (Å²) in [5.41, 5.74) is 0.512. The molecule has 2 aromatic heterocycles. The van der Waals surface area contributed by atoms with Gasteiger partial charge >= 0.3 is 0 Å². The first-order valence-corrected chi connectivity index (χ1v) is 7.90. The van der Waals surface area contributed by atoms with Gasteiger partial charge in [-0.25, -0.2) is 4.98 Å². The van der Waals surface area contributed by atoms with Crippen LogP contribution in [-0.4, -0.2) is 33.0 Å². The van der Waals surface area contributed by atoms with Crippen LogP contribution in [0.4, 0.5) is 0 Å². The molecule has 3 rings (SSSR count). The fraction of sp³-hybridized carbons (Fsp3) is 0.400. The summed E-state index contributed by atoms with van der Waals surface area (Å²) in [6, 6.07) is -0.157. The molecular formula is C15H17N3O3S. The summed E-state index contributed by atoms with van der Waals surface area (Å²) in [7, 11) is 0. The molecule has 2 heterocycles. The Morgan fingerprint density at radius 2 is 2.27 bits per heavy atom. The molecule has 0 fully saturated rings. The van der Waals surface area contributed by atoms with E-state index < -0.39 is 5.91 Å². The van der Waals surface area contributed by atoms with E-state index >= 15 is 0 Å². The first kappa shape index (κ1) is 14.9. The van der Waals surface area contributed by atoms with E-state index in [1.807, 2.05) is 26.0 Å². The summed E-state index contributed by atoms with van der Waals surface area (Å²) in [6.07, 6.45) is 5.72. The highest BCUT2D eigenvalue weighted by molar-refractivity contribution is 7.17. The number of carbonyl (C=O) groups excluding carboxylic acids is 1. The molecule has 7 heteroatoms. The number of aromatic nitrogens is 2. The Kier molecular flexibility index (Phi) is 3.84. The van der Waals surface area contributed by atoms with Crippen molar-refractivity contribution in [1.82, 2.24) is 14.7 Å². The molecule has 1 amide bonds. The highest BCUT2D eigenvalue weighted by Gasteiger charge is 2.22. The largest absolute Gasteiger partial charge is 0.396 e. The minimum absolute atomic E-state index is 0.0410. The lowest BCUT2D eigenvalue weighted by atomic mass is 10.1. The lowest BCUT2D eigenvalue weighted by Gasteiger charge is -2.12. The molecule has 2 aromatic rings. The Hall–Kier alpha value is -1.99. The minimum Gasteiger partial charge on any atom is -0.396 e. The van der Waals surface area contributed by atoms with Crippen LogP contribution in [0, 0.1) is 19.8 Å². The first-order valence-electron chi connectivity index (χ1n) is 7.09. The van der Waals surface area contributed by atoms with E-state index in [4.69, 9.17) is 5.11 Å². The van der Waals surface area contributed by atoms with Gasteiger partial charge in [-0.2, -0.15) is 0 Å². The summed E-state index contributed by atoms with van der Waals surface area (Å²) >= 11 is 1.43. The first-order chi connectivity index (χ1) is 10.5. The van der Waals surface area contributed by atoms with E-state index in [0.717, 1.165) is 10.6 Å². The second-order valence-electron chi connectivity index (χ2n) is 5.48. The highest BCUT2D eigenvalue weighted by Crippen LogP contribution is 2.19. The molecule has 6 nitrogen and oxygen atoms in total. The van der Waals surface area contributed by atoms with Gasteiger partial charge in [-0.3, -0.25) is 14.0 Å². The molecule has 0 saturated heterocycles. The summed E-state index contributed by atoms with van der Waals surface area (Å²) in [5.74, 6) is -0.364. The number of carbonyl (C=O) groups is 1. The van der Waals surface area contributed by atoms with E-state index in [0.29, 0.717) is 11.4 Å². The third-order valence-electron chi connectivity index (χ3n) is 3.99. The van der Waals surface area contributed by atoms with Crippen molar-refractivity contribution in [3.05, 3.63) is 44.8 Å². The lowest BCUT2D eigenvalue weighted by molar-refractivity contribution is 0.0939. The van der Waals surface area contributed by atoms with Crippen molar-refractivity contribution in [1.29, 1.82) is 0 Å². The van der Waals surface area contributed by atoms with Gasteiger partial charge in [-0.05, 0) is 20.3 Å². The average Bonchev–Trinajstić information content (AvgIpc) is 3.05. The second-order valence-corrected chi connectivity index (χ2v) is 6.66. The molecule has 1 aliphatic carbocycles. The third kappa shape index (κ3) is 2.46. The van der Waals surface area contributed by atoms with Crippen molar-refractivity contribution in [2.24, 2.45) is 5.92 Å². The Bertz CT molecular complexity index is 821. The van der Waals surface area contributed by atoms with E-state index in [1.165, 1.54) is 21.9 Å². The van der Waals surface area contributed by atoms with Crippen LogP contribution >= 0.6 is 11.3 Å². The summed E-state index contributed by atoms with van der Waals surface area (Å²) in [6.45, 7) is 3.83. The molecule has 0 bridgehead atoms.